The van der Waals surface area contributed by atoms with Crippen molar-refractivity contribution in [3.8, 4) is 11.5 Å². The zero-order valence-corrected chi connectivity index (χ0v) is 17.0. The SMILES string of the molecule is COc1ccc(Br)c(CNCCCCO)c1OCC(=O)NC(C)(C)C. The first kappa shape index (κ1) is 21.7. The molecule has 0 heterocycles. The smallest absolute Gasteiger partial charge is 0.258 e. The van der Waals surface area contributed by atoms with Crippen LogP contribution in [-0.2, 0) is 11.3 Å². The van der Waals surface area contributed by atoms with Crippen LogP contribution in [0.25, 0.3) is 0 Å². The summed E-state index contributed by atoms with van der Waals surface area (Å²) in [5.74, 6) is 0.950. The second-order valence-corrected chi connectivity index (χ2v) is 7.61. The molecule has 1 rings (SSSR count). The molecule has 142 valence electrons. The lowest BCUT2D eigenvalue weighted by Crippen LogP contribution is -2.43. The molecule has 0 aliphatic carbocycles. The van der Waals surface area contributed by atoms with E-state index in [1.807, 2.05) is 26.8 Å². The molecule has 3 N–H and O–H groups in total. The summed E-state index contributed by atoms with van der Waals surface area (Å²) in [4.78, 5) is 12.0. The first-order valence-electron chi connectivity index (χ1n) is 8.39. The molecule has 0 aromatic heterocycles. The van der Waals surface area contributed by atoms with Crippen LogP contribution in [0, 0.1) is 0 Å². The lowest BCUT2D eigenvalue weighted by molar-refractivity contribution is -0.124. The number of nitrogens with one attached hydrogen (secondary N) is 2. The molecule has 25 heavy (non-hydrogen) atoms. The van der Waals surface area contributed by atoms with Gasteiger partial charge < -0.3 is 25.2 Å². The van der Waals surface area contributed by atoms with Crippen molar-refractivity contribution in [2.75, 3.05) is 26.9 Å². The molecule has 1 amide bonds. The molecule has 0 unspecified atom stereocenters. The van der Waals surface area contributed by atoms with Gasteiger partial charge in [-0.25, -0.2) is 0 Å². The third-order valence-corrected chi connectivity index (χ3v) is 4.06. The summed E-state index contributed by atoms with van der Waals surface area (Å²) >= 11 is 3.53. The van der Waals surface area contributed by atoms with Crippen LogP contribution in [0.3, 0.4) is 0 Å². The van der Waals surface area contributed by atoms with E-state index in [9.17, 15) is 4.79 Å². The minimum atomic E-state index is -0.307. The van der Waals surface area contributed by atoms with Gasteiger partial charge in [0.05, 0.1) is 7.11 Å². The number of aliphatic hydroxyl groups excluding tert-OH is 1. The Bertz CT molecular complexity index is 559. The number of hydrogen-bond donors (Lipinski definition) is 3. The van der Waals surface area contributed by atoms with Crippen LogP contribution < -0.4 is 20.1 Å². The fourth-order valence-corrected chi connectivity index (χ4v) is 2.69. The molecule has 0 saturated carbocycles. The number of methoxy groups -OCH3 is 1. The Morgan fingerprint density at radius 3 is 2.60 bits per heavy atom. The van der Waals surface area contributed by atoms with Crippen LogP contribution in [0.2, 0.25) is 0 Å². The van der Waals surface area contributed by atoms with E-state index in [2.05, 4.69) is 26.6 Å². The summed E-state index contributed by atoms with van der Waals surface area (Å²) in [6, 6.07) is 3.70. The molecular weight excluding hydrogens is 388 g/mol. The van der Waals surface area contributed by atoms with Crippen LogP contribution in [-0.4, -0.2) is 43.4 Å². The topological polar surface area (TPSA) is 79.8 Å². The second-order valence-electron chi connectivity index (χ2n) is 6.75. The highest BCUT2D eigenvalue weighted by Gasteiger charge is 2.18. The van der Waals surface area contributed by atoms with Gasteiger partial charge in [-0.05, 0) is 52.3 Å². The zero-order chi connectivity index (χ0) is 18.9. The Morgan fingerprint density at radius 2 is 2.00 bits per heavy atom. The second kappa shape index (κ2) is 10.6. The predicted octanol–water partition coefficient (Wildman–Crippen LogP) is 2.61. The van der Waals surface area contributed by atoms with Crippen LogP contribution in [0.1, 0.15) is 39.2 Å². The highest BCUT2D eigenvalue weighted by molar-refractivity contribution is 9.10. The van der Waals surface area contributed by atoms with Crippen molar-refractivity contribution in [1.29, 1.82) is 0 Å². The van der Waals surface area contributed by atoms with Gasteiger partial charge in [-0.3, -0.25) is 4.79 Å². The van der Waals surface area contributed by atoms with E-state index >= 15 is 0 Å². The molecule has 0 saturated heterocycles. The van der Waals surface area contributed by atoms with Crippen molar-refractivity contribution in [3.05, 3.63) is 22.2 Å². The third kappa shape index (κ3) is 8.07. The maximum Gasteiger partial charge on any atom is 0.258 e. The summed E-state index contributed by atoms with van der Waals surface area (Å²) in [5.41, 5.74) is 0.589. The minimum absolute atomic E-state index is 0.0818. The number of amides is 1. The molecule has 0 bridgehead atoms. The molecule has 0 aliphatic rings. The molecule has 0 aliphatic heterocycles. The van der Waals surface area contributed by atoms with Crippen molar-refractivity contribution in [1.82, 2.24) is 10.6 Å². The summed E-state index contributed by atoms with van der Waals surface area (Å²) in [6.45, 7) is 7.24. The Kier molecular flexibility index (Phi) is 9.24. The van der Waals surface area contributed by atoms with Gasteiger partial charge in [0.2, 0.25) is 0 Å². The average Bonchev–Trinajstić information content (AvgIpc) is 2.52. The van der Waals surface area contributed by atoms with E-state index in [1.54, 1.807) is 13.2 Å². The fourth-order valence-electron chi connectivity index (χ4n) is 2.23. The largest absolute Gasteiger partial charge is 0.493 e. The quantitative estimate of drug-likeness (QED) is 0.510. The number of halogens is 1. The number of benzene rings is 1. The van der Waals surface area contributed by atoms with Crippen molar-refractivity contribution >= 4 is 21.8 Å². The molecule has 0 radical (unpaired) electrons. The van der Waals surface area contributed by atoms with Gasteiger partial charge in [0.25, 0.3) is 5.91 Å². The normalized spacial score (nSPS) is 11.3. The lowest BCUT2D eigenvalue weighted by Gasteiger charge is -2.21. The van der Waals surface area contributed by atoms with Gasteiger partial charge in [-0.1, -0.05) is 15.9 Å². The highest BCUT2D eigenvalue weighted by Crippen LogP contribution is 2.36. The molecule has 0 fully saturated rings. The number of carbonyl (C=O) groups excluding carboxylic acids is 1. The zero-order valence-electron chi connectivity index (χ0n) is 15.4. The minimum Gasteiger partial charge on any atom is -0.493 e. The molecule has 7 heteroatoms. The van der Waals surface area contributed by atoms with Crippen molar-refractivity contribution in [2.45, 2.75) is 45.7 Å². The predicted molar refractivity (Wildman–Crippen MR) is 102 cm³/mol. The van der Waals surface area contributed by atoms with Gasteiger partial charge in [0.1, 0.15) is 0 Å². The standard InChI is InChI=1S/C18H29BrN2O4/c1-18(2,3)21-16(23)12-25-17-13(11-20-9-5-6-10-22)14(19)7-8-15(17)24-4/h7-8,20,22H,5-6,9-12H2,1-4H3,(H,21,23). The fraction of sp³-hybridized carbons (Fsp3) is 0.611. The Labute approximate surface area is 158 Å². The van der Waals surface area contributed by atoms with Gasteiger partial charge in [0, 0.05) is 28.7 Å². The van der Waals surface area contributed by atoms with E-state index in [-0.39, 0.29) is 24.7 Å². The van der Waals surface area contributed by atoms with Crippen molar-refractivity contribution in [3.63, 3.8) is 0 Å². The average molecular weight is 417 g/mol. The number of rotatable bonds is 10. The maximum absolute atomic E-state index is 12.0. The third-order valence-electron chi connectivity index (χ3n) is 3.31. The van der Waals surface area contributed by atoms with E-state index in [0.717, 1.165) is 29.4 Å². The van der Waals surface area contributed by atoms with Crippen LogP contribution >= 0.6 is 15.9 Å². The summed E-state index contributed by atoms with van der Waals surface area (Å²) < 4.78 is 12.0. The number of unbranched alkanes of at least 4 members (excludes halogenated alkanes) is 1. The summed E-state index contributed by atoms with van der Waals surface area (Å²) in [6.07, 6.45) is 1.66. The highest BCUT2D eigenvalue weighted by atomic mass is 79.9. The number of hydrogen-bond acceptors (Lipinski definition) is 5. The van der Waals surface area contributed by atoms with Crippen LogP contribution in [0.5, 0.6) is 11.5 Å². The monoisotopic (exact) mass is 416 g/mol. The van der Waals surface area contributed by atoms with E-state index in [1.165, 1.54) is 0 Å². The summed E-state index contributed by atoms with van der Waals surface area (Å²) in [5, 5.41) is 15.0. The first-order chi connectivity index (χ1) is 11.8. The molecule has 6 nitrogen and oxygen atoms in total. The van der Waals surface area contributed by atoms with Gasteiger partial charge >= 0.3 is 0 Å². The number of aliphatic hydroxyl groups is 1. The molecule has 0 atom stereocenters. The van der Waals surface area contributed by atoms with Gasteiger partial charge in [-0.2, -0.15) is 0 Å². The Hall–Kier alpha value is -1.31. The molecule has 1 aromatic carbocycles. The van der Waals surface area contributed by atoms with Crippen molar-refractivity contribution < 1.29 is 19.4 Å². The lowest BCUT2D eigenvalue weighted by atomic mass is 10.1. The van der Waals surface area contributed by atoms with Crippen molar-refractivity contribution in [2.24, 2.45) is 0 Å². The Morgan fingerprint density at radius 1 is 1.28 bits per heavy atom. The van der Waals surface area contributed by atoms with Gasteiger partial charge in [0.15, 0.2) is 18.1 Å². The molecular formula is C18H29BrN2O4. The maximum atomic E-state index is 12.0. The van der Waals surface area contributed by atoms with Crippen LogP contribution in [0.15, 0.2) is 16.6 Å². The molecule has 1 aromatic rings. The van der Waals surface area contributed by atoms with E-state index in [0.29, 0.717) is 18.0 Å². The number of ether oxygens (including phenoxy) is 2. The summed E-state index contributed by atoms with van der Waals surface area (Å²) in [7, 11) is 1.57. The van der Waals surface area contributed by atoms with Gasteiger partial charge in [-0.15, -0.1) is 0 Å². The van der Waals surface area contributed by atoms with E-state index in [4.69, 9.17) is 14.6 Å². The molecule has 0 spiro atoms. The number of carbonyl (C=O) groups is 1. The Balaban J connectivity index is 2.80. The first-order valence-corrected chi connectivity index (χ1v) is 9.18. The van der Waals surface area contributed by atoms with E-state index < -0.39 is 0 Å². The van der Waals surface area contributed by atoms with Crippen LogP contribution in [0.4, 0.5) is 0 Å².